The summed E-state index contributed by atoms with van der Waals surface area (Å²) < 4.78 is 64.8. The molecule has 1 rings (SSSR count). The summed E-state index contributed by atoms with van der Waals surface area (Å²) in [5, 5.41) is 0. The van der Waals surface area contributed by atoms with E-state index in [1.54, 1.807) is 22.6 Å². The number of hydrogen-bond acceptors (Lipinski definition) is 6. The summed E-state index contributed by atoms with van der Waals surface area (Å²) in [6.07, 6.45) is 0. The minimum Gasteiger partial charge on any atom is -0.744 e. The van der Waals surface area contributed by atoms with E-state index in [2.05, 4.69) is 0 Å². The monoisotopic (exact) mass is 566 g/mol. The molecule has 6 nitrogen and oxygen atoms in total. The van der Waals surface area contributed by atoms with Crippen molar-refractivity contribution in [3.8, 4) is 0 Å². The van der Waals surface area contributed by atoms with Crippen LogP contribution < -0.4 is 103 Å². The smallest absolute Gasteiger partial charge is 0.744 e. The van der Waals surface area contributed by atoms with E-state index in [1.807, 2.05) is 0 Å². The maximum atomic E-state index is 10.8. The van der Waals surface area contributed by atoms with Crippen molar-refractivity contribution >= 4 is 65.4 Å². The molecule has 0 heterocycles. The first-order valence-electron chi connectivity index (χ1n) is 3.44. The van der Waals surface area contributed by atoms with E-state index in [1.165, 1.54) is 22.6 Å². The Balaban J connectivity index is 0. The maximum absolute atomic E-state index is 10.8. The van der Waals surface area contributed by atoms with Crippen LogP contribution in [0.15, 0.2) is 21.9 Å². The molecule has 0 aliphatic rings. The second kappa shape index (κ2) is 9.16. The zero-order valence-electron chi connectivity index (χ0n) is 9.18. The molecule has 1 aromatic carbocycles. The van der Waals surface area contributed by atoms with Crippen LogP contribution in [0.5, 0.6) is 0 Å². The summed E-state index contributed by atoms with van der Waals surface area (Å²) in [4.78, 5) is -1.40. The van der Waals surface area contributed by atoms with Gasteiger partial charge in [-0.15, -0.1) is 0 Å². The van der Waals surface area contributed by atoms with Crippen LogP contribution in [0.4, 0.5) is 0 Å². The van der Waals surface area contributed by atoms with Gasteiger partial charge in [-0.3, -0.25) is 0 Å². The fourth-order valence-electron chi connectivity index (χ4n) is 0.904. The Hall–Kier alpha value is 3.77. The molecule has 18 heavy (non-hydrogen) atoms. The van der Waals surface area contributed by atoms with Crippen LogP contribution in [0.1, 0.15) is 0 Å². The quantitative estimate of drug-likeness (QED) is 0.201. The van der Waals surface area contributed by atoms with E-state index in [4.69, 9.17) is 0 Å². The minimum atomic E-state index is -4.80. The van der Waals surface area contributed by atoms with E-state index < -0.39 is 30.0 Å². The van der Waals surface area contributed by atoms with Gasteiger partial charge in [0.2, 0.25) is 0 Å². The molecule has 0 N–H and O–H groups in total. The minimum absolute atomic E-state index is 0. The van der Waals surface area contributed by atoms with Crippen molar-refractivity contribution < 1.29 is 129 Å². The Kier molecular flexibility index (Phi) is 12.2. The predicted molar refractivity (Wildman–Crippen MR) is 67.8 cm³/mol. The largest absolute Gasteiger partial charge is 1.00 e. The van der Waals surface area contributed by atoms with E-state index in [0.29, 0.717) is 0 Å². The first kappa shape index (κ1) is 24.0. The van der Waals surface area contributed by atoms with Crippen LogP contribution in [0, 0.1) is 7.14 Å². The van der Waals surface area contributed by atoms with Crippen molar-refractivity contribution in [2.45, 2.75) is 9.79 Å². The second-order valence-corrected chi connectivity index (χ2v) is 7.64. The van der Waals surface area contributed by atoms with Gasteiger partial charge in [-0.05, 0) is 57.3 Å². The SMILES string of the molecule is O=S(=O)([O-])c1cc(I)cc(S(=O)(=O)[O-])c1I.[K+].[K+]. The third kappa shape index (κ3) is 6.90. The van der Waals surface area contributed by atoms with Crippen LogP contribution >= 0.6 is 45.2 Å². The molecule has 0 saturated heterocycles. The van der Waals surface area contributed by atoms with Gasteiger partial charge in [-0.1, -0.05) is 0 Å². The summed E-state index contributed by atoms with van der Waals surface area (Å²) in [7, 11) is -9.61. The fourth-order valence-corrected chi connectivity index (χ4v) is 5.15. The standard InChI is InChI=1S/C6H4I2O6S2.2K/c7-3-1-4(15(9,10)11)6(8)5(2-3)16(12,13)14;;/h1-2H,(H,9,10,11)(H,12,13,14);;/q;2*+1/p-2. The molecule has 1 aromatic rings. The zero-order valence-corrected chi connectivity index (χ0v) is 21.4. The molecule has 12 heteroatoms. The summed E-state index contributed by atoms with van der Waals surface area (Å²) in [5.74, 6) is 0. The number of halogens is 2. The molecule has 0 unspecified atom stereocenters. The van der Waals surface area contributed by atoms with Crippen molar-refractivity contribution in [3.63, 3.8) is 0 Å². The summed E-state index contributed by atoms with van der Waals surface area (Å²) >= 11 is 2.96. The van der Waals surface area contributed by atoms with E-state index in [0.717, 1.165) is 12.1 Å². The van der Waals surface area contributed by atoms with Crippen LogP contribution in [-0.4, -0.2) is 25.9 Å². The molecular formula is C6H2I2K2O6S2. The molecular weight excluding hydrogens is 564 g/mol. The van der Waals surface area contributed by atoms with Gasteiger partial charge in [0, 0.05) is 7.14 Å². The van der Waals surface area contributed by atoms with E-state index in [9.17, 15) is 25.9 Å². The first-order valence-corrected chi connectivity index (χ1v) is 8.41. The van der Waals surface area contributed by atoms with Gasteiger partial charge < -0.3 is 9.11 Å². The molecule has 0 amide bonds. The second-order valence-electron chi connectivity index (χ2n) is 2.62. The molecule has 90 valence electrons. The molecule has 0 aromatic heterocycles. The molecule has 0 atom stereocenters. The number of rotatable bonds is 2. The van der Waals surface area contributed by atoms with Crippen LogP contribution in [0.3, 0.4) is 0 Å². The van der Waals surface area contributed by atoms with Gasteiger partial charge in [-0.25, -0.2) is 16.8 Å². The molecule has 0 aliphatic heterocycles. The predicted octanol–water partition coefficient (Wildman–Crippen LogP) is -5.29. The molecule has 0 aliphatic carbocycles. The molecule has 0 spiro atoms. The number of benzene rings is 1. The summed E-state index contributed by atoms with van der Waals surface area (Å²) in [5.41, 5.74) is 0. The summed E-state index contributed by atoms with van der Waals surface area (Å²) in [6, 6.07) is 2.03. The average molecular weight is 566 g/mol. The van der Waals surface area contributed by atoms with E-state index in [-0.39, 0.29) is 110 Å². The van der Waals surface area contributed by atoms with Gasteiger partial charge >= 0.3 is 103 Å². The van der Waals surface area contributed by atoms with Gasteiger partial charge in [0.25, 0.3) is 0 Å². The van der Waals surface area contributed by atoms with Crippen molar-refractivity contribution in [1.82, 2.24) is 0 Å². The Bertz CT molecular complexity index is 589. The number of hydrogen-bond donors (Lipinski definition) is 0. The maximum Gasteiger partial charge on any atom is 1.00 e. The Morgan fingerprint density at radius 2 is 1.11 bits per heavy atom. The first-order chi connectivity index (χ1) is 7.03. The van der Waals surface area contributed by atoms with Crippen LogP contribution in [0.2, 0.25) is 0 Å². The van der Waals surface area contributed by atoms with Crippen molar-refractivity contribution in [1.29, 1.82) is 0 Å². The molecule has 0 saturated carbocycles. The molecule has 0 radical (unpaired) electrons. The van der Waals surface area contributed by atoms with E-state index >= 15 is 0 Å². The zero-order chi connectivity index (χ0) is 12.7. The van der Waals surface area contributed by atoms with Crippen molar-refractivity contribution in [3.05, 3.63) is 19.3 Å². The van der Waals surface area contributed by atoms with Crippen molar-refractivity contribution in [2.75, 3.05) is 0 Å². The fraction of sp³-hybridized carbons (Fsp3) is 0. The average Bonchev–Trinajstić information content (AvgIpc) is 2.04. The Labute approximate surface area is 217 Å². The summed E-state index contributed by atoms with van der Waals surface area (Å²) in [6.45, 7) is 0. The Morgan fingerprint density at radius 1 is 0.833 bits per heavy atom. The van der Waals surface area contributed by atoms with Crippen LogP contribution in [0.25, 0.3) is 0 Å². The van der Waals surface area contributed by atoms with Crippen molar-refractivity contribution in [2.24, 2.45) is 0 Å². The van der Waals surface area contributed by atoms with Gasteiger partial charge in [-0.2, -0.15) is 0 Å². The third-order valence-electron chi connectivity index (χ3n) is 1.51. The molecule has 0 bridgehead atoms. The molecule has 0 fully saturated rings. The Morgan fingerprint density at radius 3 is 1.33 bits per heavy atom. The van der Waals surface area contributed by atoms with Gasteiger partial charge in [0.15, 0.2) is 0 Å². The third-order valence-corrected chi connectivity index (χ3v) is 5.75. The van der Waals surface area contributed by atoms with Gasteiger partial charge in [0.05, 0.1) is 9.79 Å². The normalized spacial score (nSPS) is 11.3. The topological polar surface area (TPSA) is 114 Å². The van der Waals surface area contributed by atoms with Crippen LogP contribution in [-0.2, 0) is 20.2 Å². The van der Waals surface area contributed by atoms with Gasteiger partial charge in [0.1, 0.15) is 20.2 Å².